The van der Waals surface area contributed by atoms with E-state index in [0.29, 0.717) is 5.75 Å². The molecule has 0 fully saturated rings. The summed E-state index contributed by atoms with van der Waals surface area (Å²) >= 11 is 0. The predicted molar refractivity (Wildman–Crippen MR) is 57.3 cm³/mol. The molecule has 78 valence electrons. The zero-order chi connectivity index (χ0) is 9.26. The van der Waals surface area contributed by atoms with E-state index in [2.05, 4.69) is 5.32 Å². The Hall–Kier alpha value is -0.930. The van der Waals surface area contributed by atoms with Crippen molar-refractivity contribution in [3.05, 3.63) is 23.3 Å². The van der Waals surface area contributed by atoms with Gasteiger partial charge in [-0.05, 0) is 24.6 Å². The van der Waals surface area contributed by atoms with Crippen molar-refractivity contribution in [3.63, 3.8) is 0 Å². The first-order valence-corrected chi connectivity index (χ1v) is 4.41. The van der Waals surface area contributed by atoms with E-state index in [-0.39, 0.29) is 18.2 Å². The van der Waals surface area contributed by atoms with Crippen LogP contribution in [0.2, 0.25) is 0 Å². The number of phenols is 1. The normalized spacial score (nSPS) is 14.1. The average Bonchev–Trinajstić information content (AvgIpc) is 2.19. The Morgan fingerprint density at radius 2 is 2.21 bits per heavy atom. The second-order valence-electron chi connectivity index (χ2n) is 3.18. The summed E-state index contributed by atoms with van der Waals surface area (Å²) in [5.74, 6) is 0.842. The molecule has 0 amide bonds. The molecule has 1 aromatic rings. The highest BCUT2D eigenvalue weighted by Crippen LogP contribution is 2.33. The fourth-order valence-electron chi connectivity index (χ4n) is 1.69. The van der Waals surface area contributed by atoms with Crippen molar-refractivity contribution in [2.24, 2.45) is 0 Å². The minimum atomic E-state index is 0. The SMILES string of the molecule is COc1ccc2c(c1O)CNCC2.Cl. The molecule has 1 aliphatic heterocycles. The highest BCUT2D eigenvalue weighted by molar-refractivity contribution is 5.85. The zero-order valence-electron chi connectivity index (χ0n) is 8.04. The summed E-state index contributed by atoms with van der Waals surface area (Å²) in [4.78, 5) is 0. The van der Waals surface area contributed by atoms with Gasteiger partial charge in [0, 0.05) is 12.1 Å². The maximum Gasteiger partial charge on any atom is 0.162 e. The number of halogens is 1. The fraction of sp³-hybridized carbons (Fsp3) is 0.400. The molecule has 0 aromatic heterocycles. The van der Waals surface area contributed by atoms with Gasteiger partial charge in [-0.2, -0.15) is 0 Å². The number of aromatic hydroxyl groups is 1. The molecule has 0 radical (unpaired) electrons. The molecule has 0 saturated carbocycles. The Bertz CT molecular complexity index is 328. The van der Waals surface area contributed by atoms with Crippen LogP contribution >= 0.6 is 12.4 Å². The largest absolute Gasteiger partial charge is 0.504 e. The summed E-state index contributed by atoms with van der Waals surface area (Å²) in [5.41, 5.74) is 2.20. The van der Waals surface area contributed by atoms with Crippen molar-refractivity contribution in [1.82, 2.24) is 5.32 Å². The van der Waals surface area contributed by atoms with Crippen LogP contribution in [0.5, 0.6) is 11.5 Å². The van der Waals surface area contributed by atoms with Crippen LogP contribution in [0.15, 0.2) is 12.1 Å². The van der Waals surface area contributed by atoms with Gasteiger partial charge in [0.25, 0.3) is 0 Å². The number of phenolic OH excluding ortho intramolecular Hbond substituents is 1. The van der Waals surface area contributed by atoms with Gasteiger partial charge in [-0.25, -0.2) is 0 Å². The number of hydrogen-bond donors (Lipinski definition) is 2. The van der Waals surface area contributed by atoms with Crippen molar-refractivity contribution in [1.29, 1.82) is 0 Å². The molecule has 0 atom stereocenters. The van der Waals surface area contributed by atoms with Gasteiger partial charge >= 0.3 is 0 Å². The summed E-state index contributed by atoms with van der Waals surface area (Å²) in [6.07, 6.45) is 0.979. The minimum Gasteiger partial charge on any atom is -0.504 e. The molecule has 1 heterocycles. The van der Waals surface area contributed by atoms with E-state index < -0.39 is 0 Å². The maximum absolute atomic E-state index is 9.77. The molecular formula is C10H14ClNO2. The summed E-state index contributed by atoms with van der Waals surface area (Å²) in [7, 11) is 1.57. The van der Waals surface area contributed by atoms with Crippen LogP contribution in [0.3, 0.4) is 0 Å². The first-order valence-electron chi connectivity index (χ1n) is 4.41. The lowest BCUT2D eigenvalue weighted by Crippen LogP contribution is -2.23. The first-order chi connectivity index (χ1) is 6.33. The van der Waals surface area contributed by atoms with Gasteiger partial charge in [0.05, 0.1) is 7.11 Å². The number of rotatable bonds is 1. The van der Waals surface area contributed by atoms with Gasteiger partial charge in [0.15, 0.2) is 11.5 Å². The number of benzene rings is 1. The summed E-state index contributed by atoms with van der Waals surface area (Å²) < 4.78 is 5.03. The van der Waals surface area contributed by atoms with Crippen molar-refractivity contribution >= 4 is 12.4 Å². The van der Waals surface area contributed by atoms with Crippen molar-refractivity contribution in [2.45, 2.75) is 13.0 Å². The Balaban J connectivity index is 0.000000980. The van der Waals surface area contributed by atoms with Crippen LogP contribution in [0.1, 0.15) is 11.1 Å². The molecule has 2 N–H and O–H groups in total. The average molecular weight is 216 g/mol. The molecule has 0 aliphatic carbocycles. The monoisotopic (exact) mass is 215 g/mol. The van der Waals surface area contributed by atoms with Crippen molar-refractivity contribution in [2.75, 3.05) is 13.7 Å². The molecule has 0 unspecified atom stereocenters. The molecule has 1 aromatic carbocycles. The van der Waals surface area contributed by atoms with Crippen LogP contribution in [0, 0.1) is 0 Å². The smallest absolute Gasteiger partial charge is 0.162 e. The zero-order valence-corrected chi connectivity index (χ0v) is 8.86. The fourth-order valence-corrected chi connectivity index (χ4v) is 1.69. The summed E-state index contributed by atoms with van der Waals surface area (Å²) in [6.45, 7) is 1.72. The van der Waals surface area contributed by atoms with E-state index in [1.807, 2.05) is 12.1 Å². The number of hydrogen-bond acceptors (Lipinski definition) is 3. The van der Waals surface area contributed by atoms with Crippen LogP contribution in [0.25, 0.3) is 0 Å². The molecule has 1 aliphatic rings. The van der Waals surface area contributed by atoms with Crippen LogP contribution < -0.4 is 10.1 Å². The Labute approximate surface area is 89.5 Å². The Kier molecular flexibility index (Phi) is 3.61. The molecule has 0 bridgehead atoms. The maximum atomic E-state index is 9.77. The van der Waals surface area contributed by atoms with Gasteiger partial charge in [-0.15, -0.1) is 12.4 Å². The van der Waals surface area contributed by atoms with E-state index in [4.69, 9.17) is 4.74 Å². The number of ether oxygens (including phenoxy) is 1. The predicted octanol–water partition coefficient (Wildman–Crippen LogP) is 1.47. The van der Waals surface area contributed by atoms with E-state index in [1.165, 1.54) is 5.56 Å². The quantitative estimate of drug-likeness (QED) is 0.746. The van der Waals surface area contributed by atoms with E-state index >= 15 is 0 Å². The molecule has 2 rings (SSSR count). The van der Waals surface area contributed by atoms with Gasteiger partial charge in [-0.1, -0.05) is 6.07 Å². The molecular weight excluding hydrogens is 202 g/mol. The highest BCUT2D eigenvalue weighted by Gasteiger charge is 2.15. The van der Waals surface area contributed by atoms with Crippen LogP contribution in [0.4, 0.5) is 0 Å². The first kappa shape index (κ1) is 11.1. The third kappa shape index (κ3) is 1.79. The highest BCUT2D eigenvalue weighted by atomic mass is 35.5. The molecule has 0 spiro atoms. The number of methoxy groups -OCH3 is 1. The lowest BCUT2D eigenvalue weighted by atomic mass is 10.00. The van der Waals surface area contributed by atoms with Gasteiger partial charge < -0.3 is 15.2 Å². The minimum absolute atomic E-state index is 0. The van der Waals surface area contributed by atoms with Crippen LogP contribution in [-0.4, -0.2) is 18.8 Å². The van der Waals surface area contributed by atoms with Gasteiger partial charge in [-0.3, -0.25) is 0 Å². The topological polar surface area (TPSA) is 41.5 Å². The number of nitrogens with one attached hydrogen (secondary N) is 1. The third-order valence-corrected chi connectivity index (χ3v) is 2.44. The Morgan fingerprint density at radius 1 is 1.43 bits per heavy atom. The third-order valence-electron chi connectivity index (χ3n) is 2.44. The second-order valence-corrected chi connectivity index (χ2v) is 3.18. The molecule has 4 heteroatoms. The van der Waals surface area contributed by atoms with E-state index in [9.17, 15) is 5.11 Å². The van der Waals surface area contributed by atoms with E-state index in [0.717, 1.165) is 25.1 Å². The lowest BCUT2D eigenvalue weighted by Gasteiger charge is -2.19. The lowest BCUT2D eigenvalue weighted by molar-refractivity contribution is 0.368. The molecule has 14 heavy (non-hydrogen) atoms. The van der Waals surface area contributed by atoms with Gasteiger partial charge in [0.1, 0.15) is 0 Å². The number of fused-ring (bicyclic) bond motifs is 1. The van der Waals surface area contributed by atoms with Crippen molar-refractivity contribution in [3.8, 4) is 11.5 Å². The standard InChI is InChI=1S/C10H13NO2.ClH/c1-13-9-3-2-7-4-5-11-6-8(7)10(9)12;/h2-3,11-12H,4-6H2,1H3;1H. The van der Waals surface area contributed by atoms with Crippen LogP contribution in [-0.2, 0) is 13.0 Å². The second kappa shape index (κ2) is 4.53. The summed E-state index contributed by atoms with van der Waals surface area (Å²) in [6, 6.07) is 3.84. The summed E-state index contributed by atoms with van der Waals surface area (Å²) in [5, 5.41) is 13.0. The van der Waals surface area contributed by atoms with Gasteiger partial charge in [0.2, 0.25) is 0 Å². The van der Waals surface area contributed by atoms with Crippen molar-refractivity contribution < 1.29 is 9.84 Å². The molecule has 0 saturated heterocycles. The Morgan fingerprint density at radius 3 is 2.93 bits per heavy atom. The molecule has 3 nitrogen and oxygen atoms in total. The van der Waals surface area contributed by atoms with E-state index in [1.54, 1.807) is 7.11 Å².